The number of benzene rings is 1. The van der Waals surface area contributed by atoms with E-state index in [2.05, 4.69) is 0 Å². The van der Waals surface area contributed by atoms with Crippen LogP contribution >= 0.6 is 0 Å². The molecule has 4 aliphatic carbocycles. The van der Waals surface area contributed by atoms with Crippen LogP contribution in [0, 0.1) is 23.2 Å². The van der Waals surface area contributed by atoms with Crippen LogP contribution in [0.15, 0.2) is 28.7 Å². The molecule has 7 N–H and O–H groups in total. The summed E-state index contributed by atoms with van der Waals surface area (Å²) in [5, 5.41) is 53.7. The zero-order valence-electron chi connectivity index (χ0n) is 24.3. The molecule has 0 spiro atoms. The van der Waals surface area contributed by atoms with Crippen molar-refractivity contribution in [2.45, 2.75) is 63.4 Å². The molecule has 43 heavy (non-hydrogen) atoms. The summed E-state index contributed by atoms with van der Waals surface area (Å²) < 4.78 is 44.4. The molecular formula is C30H37F3N4O6. The van der Waals surface area contributed by atoms with E-state index < -0.39 is 86.6 Å². The maximum Gasteiger partial charge on any atom is 0.417 e. The van der Waals surface area contributed by atoms with Gasteiger partial charge < -0.3 is 31.6 Å². The molecular weight excluding hydrogens is 569 g/mol. The maximum atomic E-state index is 14.8. The first-order chi connectivity index (χ1) is 20.0. The number of aromatic hydroxyl groups is 1. The summed E-state index contributed by atoms with van der Waals surface area (Å²) in [7, 11) is 3.03. The predicted octanol–water partition coefficient (Wildman–Crippen LogP) is 3.21. The quantitative estimate of drug-likeness (QED) is 0.262. The number of allylic oxidation sites excluding steroid dienone is 1. The number of hydrogen-bond acceptors (Lipinski definition) is 9. The van der Waals surface area contributed by atoms with Crippen molar-refractivity contribution in [2.24, 2.45) is 23.5 Å². The summed E-state index contributed by atoms with van der Waals surface area (Å²) in [6.45, 7) is 3.07. The minimum absolute atomic E-state index is 0.0658. The van der Waals surface area contributed by atoms with Gasteiger partial charge in [-0.05, 0) is 81.8 Å². The van der Waals surface area contributed by atoms with Gasteiger partial charge in [-0.15, -0.1) is 0 Å². The zero-order chi connectivity index (χ0) is 31.8. The number of Topliss-reactive ketones (excluding diaryl/α,β-unsaturated/α-hetero) is 1. The third kappa shape index (κ3) is 4.91. The number of aliphatic hydroxyl groups is 3. The molecule has 13 heteroatoms. The number of ketones is 1. The molecule has 0 bridgehead atoms. The maximum absolute atomic E-state index is 14.8. The minimum Gasteiger partial charge on any atom is -0.510 e. The highest BCUT2D eigenvalue weighted by molar-refractivity contribution is 6.26. The van der Waals surface area contributed by atoms with Crippen LogP contribution in [0.5, 0.6) is 5.75 Å². The first-order valence-corrected chi connectivity index (χ1v) is 14.4. The highest BCUT2D eigenvalue weighted by atomic mass is 19.4. The lowest BCUT2D eigenvalue weighted by Crippen LogP contribution is -2.63. The number of carbonyl (C=O) groups is 2. The van der Waals surface area contributed by atoms with Gasteiger partial charge in [0.05, 0.1) is 22.9 Å². The lowest BCUT2D eigenvalue weighted by atomic mass is 9.58. The second-order valence-electron chi connectivity index (χ2n) is 12.5. The number of nitrogens with two attached hydrogens (primary N) is 1. The second-order valence-corrected chi connectivity index (χ2v) is 12.5. The monoisotopic (exact) mass is 606 g/mol. The normalized spacial score (nSPS) is 27.5. The number of rotatable bonds is 8. The Hall–Kier alpha value is -3.42. The van der Waals surface area contributed by atoms with Gasteiger partial charge in [0.25, 0.3) is 5.91 Å². The molecule has 4 aliphatic rings. The van der Waals surface area contributed by atoms with Crippen LogP contribution < -0.4 is 5.73 Å². The lowest BCUT2D eigenvalue weighted by Gasteiger charge is -2.51. The highest BCUT2D eigenvalue weighted by Crippen LogP contribution is 2.54. The van der Waals surface area contributed by atoms with Crippen LogP contribution in [0.2, 0.25) is 0 Å². The van der Waals surface area contributed by atoms with Crippen LogP contribution in [0.4, 0.5) is 13.2 Å². The smallest absolute Gasteiger partial charge is 0.417 e. The van der Waals surface area contributed by atoms with E-state index in [1.165, 1.54) is 19.0 Å². The zero-order valence-corrected chi connectivity index (χ0v) is 24.3. The standard InChI is InChI=1S/C30H37F3N4O6/c1-4-7-37(11-13-5-6-13)12-15-10-18(38)20-16(22(15)30(31,32)33)8-14-9-17-23(36(2)3)25(40)21(28(35)42)26(34)29(17,43)27(41)19(14)24(20)39/h10,13-14,17,23,34,38,40-41,43H,4-9,11-12H2,1-3H3,(H2,35,42)/t14-,17?,23-,29+/m0/s1. The van der Waals surface area contributed by atoms with Crippen molar-refractivity contribution in [3.63, 3.8) is 0 Å². The summed E-state index contributed by atoms with van der Waals surface area (Å²) in [4.78, 5) is 29.4. The Balaban J connectivity index is 1.67. The summed E-state index contributed by atoms with van der Waals surface area (Å²) in [6.07, 6.45) is -2.71. The van der Waals surface area contributed by atoms with Crippen molar-refractivity contribution < 1.29 is 43.2 Å². The molecule has 5 rings (SSSR count). The van der Waals surface area contributed by atoms with E-state index >= 15 is 0 Å². The van der Waals surface area contributed by atoms with Crippen LogP contribution in [0.25, 0.3) is 0 Å². The third-order valence-corrected chi connectivity index (χ3v) is 9.30. The van der Waals surface area contributed by atoms with Gasteiger partial charge in [-0.3, -0.25) is 19.4 Å². The average molecular weight is 607 g/mol. The molecule has 0 heterocycles. The summed E-state index contributed by atoms with van der Waals surface area (Å²) in [5.41, 5.74) is -1.45. The Bertz CT molecular complexity index is 1460. The summed E-state index contributed by atoms with van der Waals surface area (Å²) >= 11 is 0. The van der Waals surface area contributed by atoms with E-state index in [1.807, 2.05) is 11.8 Å². The Labute approximate surface area is 246 Å². The van der Waals surface area contributed by atoms with Gasteiger partial charge in [-0.2, -0.15) is 13.2 Å². The van der Waals surface area contributed by atoms with Gasteiger partial charge in [-0.1, -0.05) is 6.92 Å². The Morgan fingerprint density at radius 1 is 1.21 bits per heavy atom. The number of nitrogens with one attached hydrogen (secondary N) is 1. The molecule has 0 saturated heterocycles. The predicted molar refractivity (Wildman–Crippen MR) is 150 cm³/mol. The van der Waals surface area contributed by atoms with Crippen molar-refractivity contribution in [1.29, 1.82) is 5.41 Å². The second kappa shape index (κ2) is 10.6. The van der Waals surface area contributed by atoms with Gasteiger partial charge in [0.2, 0.25) is 0 Å². The van der Waals surface area contributed by atoms with Crippen molar-refractivity contribution in [2.75, 3.05) is 27.2 Å². The Kier molecular flexibility index (Phi) is 7.67. The number of phenols is 1. The molecule has 1 saturated carbocycles. The van der Waals surface area contributed by atoms with E-state index in [1.54, 1.807) is 0 Å². The van der Waals surface area contributed by atoms with Gasteiger partial charge >= 0.3 is 6.18 Å². The van der Waals surface area contributed by atoms with E-state index in [-0.39, 0.29) is 30.5 Å². The molecule has 1 amide bonds. The number of phenolic OH excluding ortho intramolecular Hbond substituents is 1. The van der Waals surface area contributed by atoms with Crippen molar-refractivity contribution in [1.82, 2.24) is 9.80 Å². The first kappa shape index (κ1) is 31.0. The number of carbonyl (C=O) groups excluding carboxylic acids is 2. The molecule has 0 radical (unpaired) electrons. The first-order valence-electron chi connectivity index (χ1n) is 14.4. The van der Waals surface area contributed by atoms with Crippen LogP contribution in [-0.2, 0) is 23.9 Å². The van der Waals surface area contributed by atoms with Crippen LogP contribution in [-0.4, -0.2) is 86.5 Å². The van der Waals surface area contributed by atoms with E-state index in [0.717, 1.165) is 25.3 Å². The van der Waals surface area contributed by atoms with Crippen molar-refractivity contribution in [3.8, 4) is 5.75 Å². The molecule has 234 valence electrons. The van der Waals surface area contributed by atoms with E-state index in [9.17, 15) is 43.2 Å². The van der Waals surface area contributed by atoms with Gasteiger partial charge in [0.1, 0.15) is 22.8 Å². The molecule has 0 aromatic heterocycles. The molecule has 1 aromatic rings. The summed E-state index contributed by atoms with van der Waals surface area (Å²) in [6, 6.07) is -0.196. The van der Waals surface area contributed by atoms with Gasteiger partial charge in [0, 0.05) is 24.6 Å². The number of likely N-dealkylation sites (N-methyl/N-ethyl adjacent to an activating group) is 1. The largest absolute Gasteiger partial charge is 0.510 e. The van der Waals surface area contributed by atoms with Crippen LogP contribution in [0.3, 0.4) is 0 Å². The van der Waals surface area contributed by atoms with Crippen LogP contribution in [0.1, 0.15) is 59.7 Å². The highest BCUT2D eigenvalue weighted by Gasteiger charge is 2.61. The number of halogens is 3. The number of fused-ring (bicyclic) bond motifs is 3. The fourth-order valence-electron chi connectivity index (χ4n) is 7.38. The van der Waals surface area contributed by atoms with E-state index in [4.69, 9.17) is 11.1 Å². The molecule has 1 unspecified atom stereocenters. The van der Waals surface area contributed by atoms with Gasteiger partial charge in [-0.25, -0.2) is 0 Å². The number of hydrogen-bond donors (Lipinski definition) is 6. The fraction of sp³-hybridized carbons (Fsp3) is 0.567. The molecule has 1 aromatic carbocycles. The minimum atomic E-state index is -4.86. The van der Waals surface area contributed by atoms with Gasteiger partial charge in [0.15, 0.2) is 11.4 Å². The summed E-state index contributed by atoms with van der Waals surface area (Å²) in [5.74, 6) is -6.45. The lowest BCUT2D eigenvalue weighted by molar-refractivity contribution is -0.139. The molecule has 10 nitrogen and oxygen atoms in total. The van der Waals surface area contributed by atoms with E-state index in [0.29, 0.717) is 19.0 Å². The Morgan fingerprint density at radius 3 is 2.40 bits per heavy atom. The number of primary amides is 1. The molecule has 0 aliphatic heterocycles. The number of aliphatic hydroxyl groups excluding tert-OH is 2. The fourth-order valence-corrected chi connectivity index (χ4v) is 7.38. The van der Waals surface area contributed by atoms with Crippen molar-refractivity contribution >= 4 is 17.4 Å². The SMILES string of the molecule is CCCN(Cc1cc(O)c2c(c1C(F)(F)F)C[C@H]1CC3[C@H](N(C)C)C(O)=C(C(N)=O)C(=N)[C@@]3(O)C(O)=C1C2=O)CC1CC1. The van der Waals surface area contributed by atoms with Crippen molar-refractivity contribution in [3.05, 3.63) is 51.0 Å². The Morgan fingerprint density at radius 2 is 1.86 bits per heavy atom. The number of amides is 1. The number of nitrogens with zero attached hydrogens (tertiary/aromatic N) is 2. The molecule has 1 fully saturated rings. The molecule has 4 atom stereocenters. The topological polar surface area (TPSA) is 171 Å². The average Bonchev–Trinajstić information content (AvgIpc) is 3.69. The third-order valence-electron chi connectivity index (χ3n) is 9.30. The number of alkyl halides is 3.